The Balaban J connectivity index is 2.38. The van der Waals surface area contributed by atoms with Gasteiger partial charge >= 0.3 is 12.3 Å². The van der Waals surface area contributed by atoms with E-state index in [-0.39, 0.29) is 17.9 Å². The molecule has 31 heavy (non-hydrogen) atoms. The van der Waals surface area contributed by atoms with Gasteiger partial charge in [0, 0.05) is 5.69 Å². The number of nitrogens with one attached hydrogen (secondary N) is 2. The van der Waals surface area contributed by atoms with Crippen molar-refractivity contribution in [2.75, 3.05) is 18.5 Å². The largest absolute Gasteiger partial charge is 0.449 e. The lowest BCUT2D eigenvalue weighted by Gasteiger charge is -2.37. The Kier molecular flexibility index (Phi) is 8.65. The number of amides is 1. The standard InChI is InChI=1S/C23H27F3N2O3/c1-3-5-14-31-21(30)27-19-13-9-12-18(15-19)22(4-2,23(24,25)26)28-20(16-29)17-10-7-6-8-11-17/h4,6-13,15,20,28-29H,2-3,5,14,16H2,1H3,(H,27,30). The SMILES string of the molecule is C=CC(NC(CO)c1ccccc1)(c1cccc(NC(=O)OCCCC)c1)C(F)(F)F. The number of aliphatic hydroxyl groups is 1. The molecule has 8 heteroatoms. The second-order valence-electron chi connectivity index (χ2n) is 7.00. The van der Waals surface area contributed by atoms with E-state index in [1.54, 1.807) is 30.3 Å². The van der Waals surface area contributed by atoms with Gasteiger partial charge in [-0.3, -0.25) is 10.6 Å². The van der Waals surface area contributed by atoms with Gasteiger partial charge in [-0.1, -0.05) is 61.9 Å². The average molecular weight is 436 g/mol. The summed E-state index contributed by atoms with van der Waals surface area (Å²) in [6.07, 6.45) is -3.23. The first-order valence-corrected chi connectivity index (χ1v) is 9.95. The number of rotatable bonds is 10. The second-order valence-corrected chi connectivity index (χ2v) is 7.00. The number of anilines is 1. The zero-order valence-electron chi connectivity index (χ0n) is 17.3. The van der Waals surface area contributed by atoms with Gasteiger partial charge in [-0.05, 0) is 29.7 Å². The third-order valence-electron chi connectivity index (χ3n) is 4.84. The highest BCUT2D eigenvalue weighted by atomic mass is 19.4. The first-order valence-electron chi connectivity index (χ1n) is 9.95. The van der Waals surface area contributed by atoms with Gasteiger partial charge in [0.05, 0.1) is 19.3 Å². The van der Waals surface area contributed by atoms with E-state index in [9.17, 15) is 23.1 Å². The predicted octanol–water partition coefficient (Wildman–Crippen LogP) is 5.30. The van der Waals surface area contributed by atoms with E-state index in [1.807, 2.05) is 6.92 Å². The Morgan fingerprint density at radius 1 is 1.19 bits per heavy atom. The van der Waals surface area contributed by atoms with Crippen LogP contribution in [0.3, 0.4) is 0 Å². The molecule has 2 aromatic rings. The van der Waals surface area contributed by atoms with Crippen LogP contribution in [0.2, 0.25) is 0 Å². The summed E-state index contributed by atoms with van der Waals surface area (Å²) in [4.78, 5) is 11.9. The molecule has 0 aromatic heterocycles. The maximum atomic E-state index is 14.3. The van der Waals surface area contributed by atoms with Gasteiger partial charge in [0.25, 0.3) is 0 Å². The van der Waals surface area contributed by atoms with Crippen molar-refractivity contribution in [1.82, 2.24) is 5.32 Å². The van der Waals surface area contributed by atoms with Crippen LogP contribution in [0, 0.1) is 0 Å². The topological polar surface area (TPSA) is 70.6 Å². The summed E-state index contributed by atoms with van der Waals surface area (Å²) in [5.74, 6) is 0. The molecule has 1 amide bonds. The molecule has 5 nitrogen and oxygen atoms in total. The zero-order valence-corrected chi connectivity index (χ0v) is 17.3. The number of carbonyl (C=O) groups excluding carboxylic acids is 1. The van der Waals surface area contributed by atoms with Crippen molar-refractivity contribution in [2.45, 2.75) is 37.5 Å². The van der Waals surface area contributed by atoms with Gasteiger partial charge in [-0.2, -0.15) is 13.2 Å². The van der Waals surface area contributed by atoms with Crippen molar-refractivity contribution in [2.24, 2.45) is 0 Å². The van der Waals surface area contributed by atoms with E-state index >= 15 is 0 Å². The highest BCUT2D eigenvalue weighted by molar-refractivity contribution is 5.84. The van der Waals surface area contributed by atoms with Crippen LogP contribution in [-0.4, -0.2) is 30.6 Å². The molecule has 0 saturated carbocycles. The quantitative estimate of drug-likeness (QED) is 0.349. The molecule has 0 saturated heterocycles. The van der Waals surface area contributed by atoms with Crippen LogP contribution in [0.25, 0.3) is 0 Å². The van der Waals surface area contributed by atoms with Crippen LogP contribution in [0.1, 0.15) is 36.9 Å². The van der Waals surface area contributed by atoms with Crippen molar-refractivity contribution < 1.29 is 27.8 Å². The fraction of sp³-hybridized carbons (Fsp3) is 0.348. The summed E-state index contributed by atoms with van der Waals surface area (Å²) in [5.41, 5.74) is -2.21. The fourth-order valence-electron chi connectivity index (χ4n) is 3.12. The minimum absolute atomic E-state index is 0.150. The summed E-state index contributed by atoms with van der Waals surface area (Å²) in [6, 6.07) is 12.7. The number of hydrogen-bond donors (Lipinski definition) is 3. The summed E-state index contributed by atoms with van der Waals surface area (Å²) in [7, 11) is 0. The van der Waals surface area contributed by atoms with Gasteiger partial charge in [0.15, 0.2) is 5.54 Å². The van der Waals surface area contributed by atoms with Crippen molar-refractivity contribution in [3.63, 3.8) is 0 Å². The lowest BCUT2D eigenvalue weighted by atomic mass is 9.87. The smallest absolute Gasteiger partial charge is 0.414 e. The number of halogens is 3. The van der Waals surface area contributed by atoms with Crippen molar-refractivity contribution in [3.05, 3.63) is 78.4 Å². The van der Waals surface area contributed by atoms with E-state index in [1.165, 1.54) is 24.3 Å². The molecule has 168 valence electrons. The normalized spacial score (nSPS) is 14.4. The van der Waals surface area contributed by atoms with Crippen LogP contribution in [0.15, 0.2) is 67.3 Å². The van der Waals surface area contributed by atoms with Gasteiger partial charge in [-0.25, -0.2) is 4.79 Å². The van der Waals surface area contributed by atoms with Crippen LogP contribution in [0.4, 0.5) is 23.7 Å². The number of unbranched alkanes of at least 4 members (excludes halogenated alkanes) is 1. The Morgan fingerprint density at radius 3 is 2.48 bits per heavy atom. The van der Waals surface area contributed by atoms with E-state index < -0.39 is 30.5 Å². The van der Waals surface area contributed by atoms with E-state index in [4.69, 9.17) is 4.74 Å². The molecule has 0 aliphatic rings. The first kappa shape index (κ1) is 24.4. The highest BCUT2D eigenvalue weighted by Gasteiger charge is 2.55. The Hall–Kier alpha value is -2.84. The Bertz CT molecular complexity index is 859. The molecule has 0 bridgehead atoms. The lowest BCUT2D eigenvalue weighted by molar-refractivity contribution is -0.188. The Morgan fingerprint density at radius 2 is 1.90 bits per heavy atom. The maximum absolute atomic E-state index is 14.3. The second kappa shape index (κ2) is 11.0. The third kappa shape index (κ3) is 6.08. The van der Waals surface area contributed by atoms with Crippen LogP contribution < -0.4 is 10.6 Å². The van der Waals surface area contributed by atoms with Gasteiger partial charge < -0.3 is 9.84 Å². The molecule has 3 N–H and O–H groups in total. The number of ether oxygens (including phenoxy) is 1. The number of hydrogen-bond acceptors (Lipinski definition) is 4. The number of benzene rings is 2. The molecule has 2 unspecified atom stereocenters. The molecule has 0 fully saturated rings. The van der Waals surface area contributed by atoms with Crippen LogP contribution in [-0.2, 0) is 10.3 Å². The summed E-state index contributed by atoms with van der Waals surface area (Å²) in [6.45, 7) is 5.03. The van der Waals surface area contributed by atoms with E-state index in [2.05, 4.69) is 17.2 Å². The molecular weight excluding hydrogens is 409 g/mol. The molecule has 0 heterocycles. The monoisotopic (exact) mass is 436 g/mol. The number of aliphatic hydroxyl groups excluding tert-OH is 1. The van der Waals surface area contributed by atoms with Gasteiger partial charge in [0.2, 0.25) is 0 Å². The highest BCUT2D eigenvalue weighted by Crippen LogP contribution is 2.42. The lowest BCUT2D eigenvalue weighted by Crippen LogP contribution is -2.54. The van der Waals surface area contributed by atoms with Gasteiger partial charge in [0.1, 0.15) is 0 Å². The van der Waals surface area contributed by atoms with Gasteiger partial charge in [-0.15, -0.1) is 6.58 Å². The van der Waals surface area contributed by atoms with Crippen molar-refractivity contribution in [3.8, 4) is 0 Å². The van der Waals surface area contributed by atoms with Crippen molar-refractivity contribution >= 4 is 11.8 Å². The average Bonchev–Trinajstić information content (AvgIpc) is 2.75. The Labute approximate surface area is 179 Å². The minimum Gasteiger partial charge on any atom is -0.449 e. The fourth-order valence-corrected chi connectivity index (χ4v) is 3.12. The molecule has 0 radical (unpaired) electrons. The molecule has 2 aromatic carbocycles. The summed E-state index contributed by atoms with van der Waals surface area (Å²) >= 11 is 0. The molecule has 2 rings (SSSR count). The zero-order chi connectivity index (χ0) is 22.9. The number of carbonyl (C=O) groups is 1. The van der Waals surface area contributed by atoms with Crippen LogP contribution >= 0.6 is 0 Å². The third-order valence-corrected chi connectivity index (χ3v) is 4.84. The number of alkyl halides is 3. The molecular formula is C23H27F3N2O3. The molecule has 2 atom stereocenters. The van der Waals surface area contributed by atoms with E-state index in [0.29, 0.717) is 12.0 Å². The summed E-state index contributed by atoms with van der Waals surface area (Å²) in [5, 5.41) is 14.8. The van der Waals surface area contributed by atoms with Crippen LogP contribution in [0.5, 0.6) is 0 Å². The maximum Gasteiger partial charge on any atom is 0.414 e. The molecule has 0 spiro atoms. The molecule has 0 aliphatic carbocycles. The molecule has 0 aliphatic heterocycles. The predicted molar refractivity (Wildman–Crippen MR) is 114 cm³/mol. The van der Waals surface area contributed by atoms with Crippen molar-refractivity contribution in [1.29, 1.82) is 0 Å². The van der Waals surface area contributed by atoms with E-state index in [0.717, 1.165) is 12.5 Å². The minimum atomic E-state index is -4.78. The first-order chi connectivity index (χ1) is 14.8. The summed E-state index contributed by atoms with van der Waals surface area (Å²) < 4.78 is 48.0.